The molecule has 0 radical (unpaired) electrons. The first-order valence-electron chi connectivity index (χ1n) is 15.7. The van der Waals surface area contributed by atoms with Crippen LogP contribution in [0.5, 0.6) is 5.75 Å². The number of halogens is 6. The van der Waals surface area contributed by atoms with Crippen LogP contribution < -0.4 is 43.0 Å². The molecule has 7 amide bonds. The van der Waals surface area contributed by atoms with Gasteiger partial charge in [0.1, 0.15) is 28.9 Å². The highest BCUT2D eigenvalue weighted by atomic mass is 19.4. The zero-order valence-corrected chi connectivity index (χ0v) is 28.5. The number of guanidine groups is 1. The number of amides is 7. The van der Waals surface area contributed by atoms with Gasteiger partial charge in [0.15, 0.2) is 5.96 Å². The van der Waals surface area contributed by atoms with Gasteiger partial charge in [-0.2, -0.15) is 26.3 Å². The molecule has 0 saturated carbocycles. The number of phenolic OH excluding ortho intramolecular Hbond substituents is 1. The van der Waals surface area contributed by atoms with Crippen molar-refractivity contribution < 1.29 is 74.9 Å². The number of carbonyl (C=O) groups is 8. The van der Waals surface area contributed by atoms with Crippen molar-refractivity contribution in [3.8, 4) is 5.75 Å². The molecule has 1 saturated heterocycles. The molecule has 0 unspecified atom stereocenters. The Morgan fingerprint density at radius 1 is 0.839 bits per heavy atom. The number of nitrogens with two attached hydrogens (primary N) is 1. The molecule has 0 spiro atoms. The molecule has 304 valence electrons. The summed E-state index contributed by atoms with van der Waals surface area (Å²) >= 11 is 0. The third-order valence-electron chi connectivity index (χ3n) is 6.72. The normalized spacial score (nSPS) is 18.8. The van der Waals surface area contributed by atoms with Crippen LogP contribution in [-0.2, 0) is 44.8 Å². The number of hydrogen-bond donors (Lipinski definition) is 10. The number of allylic oxidation sites excluding steroid dienone is 1. The fourth-order valence-electron chi connectivity index (χ4n) is 4.13. The molecule has 1 aliphatic heterocycles. The molecule has 1 heterocycles. The minimum absolute atomic E-state index is 0.178. The lowest BCUT2D eigenvalue weighted by Gasteiger charge is -2.20. The Hall–Kier alpha value is -6.95. The Labute approximate surface area is 310 Å². The first-order valence-corrected chi connectivity index (χ1v) is 15.7. The van der Waals surface area contributed by atoms with Crippen molar-refractivity contribution in [3.05, 3.63) is 65.1 Å². The number of carboxylic acids is 1. The van der Waals surface area contributed by atoms with Gasteiger partial charge in [-0.05, 0) is 37.0 Å². The summed E-state index contributed by atoms with van der Waals surface area (Å²) in [5, 5.41) is 32.4. The van der Waals surface area contributed by atoms with E-state index in [1.54, 1.807) is 5.32 Å². The number of rotatable bonds is 10. The number of carbonyl (C=O) groups excluding carboxylic acids is 7. The van der Waals surface area contributed by atoms with Gasteiger partial charge in [-0.15, -0.1) is 0 Å². The van der Waals surface area contributed by atoms with E-state index in [0.29, 0.717) is 5.56 Å². The van der Waals surface area contributed by atoms with E-state index < -0.39 is 108 Å². The van der Waals surface area contributed by atoms with Crippen LogP contribution in [0.25, 0.3) is 0 Å². The molecule has 0 aliphatic carbocycles. The average molecular weight is 806 g/mol. The largest absolute Gasteiger partial charge is 0.508 e. The second-order valence-corrected chi connectivity index (χ2v) is 11.1. The van der Waals surface area contributed by atoms with Crippen LogP contribution in [0, 0.1) is 0 Å². The van der Waals surface area contributed by atoms with E-state index in [4.69, 9.17) is 5.73 Å². The first-order chi connectivity index (χ1) is 26.1. The number of aliphatic imine (C=N–C) groups is 1. The summed E-state index contributed by atoms with van der Waals surface area (Å²) < 4.78 is 75.2. The number of carboxylic acid groups (broad SMARTS) is 1. The van der Waals surface area contributed by atoms with Crippen molar-refractivity contribution in [2.75, 3.05) is 19.6 Å². The van der Waals surface area contributed by atoms with Crippen molar-refractivity contribution >= 4 is 53.3 Å². The molecule has 1 atom stereocenters. The zero-order valence-electron chi connectivity index (χ0n) is 28.5. The van der Waals surface area contributed by atoms with E-state index in [0.717, 1.165) is 12.2 Å². The molecule has 1 fully saturated rings. The highest BCUT2D eigenvalue weighted by Gasteiger charge is 2.39. The number of unbranched alkanes of at least 4 members (excludes halogenated alkanes) is 1. The van der Waals surface area contributed by atoms with E-state index in [1.807, 2.05) is 5.32 Å². The summed E-state index contributed by atoms with van der Waals surface area (Å²) in [6, 6.07) is 3.46. The zero-order chi connectivity index (χ0) is 42.2. The predicted octanol–water partition coefficient (Wildman–Crippen LogP) is -1.52. The number of alkyl halides is 6. The summed E-state index contributed by atoms with van der Waals surface area (Å²) in [5.74, 6) is -13.8. The van der Waals surface area contributed by atoms with Gasteiger partial charge >= 0.3 is 30.1 Å². The van der Waals surface area contributed by atoms with Gasteiger partial charge in [0, 0.05) is 19.5 Å². The fraction of sp³-hybridized carbons (Fsp3) is 0.323. The lowest BCUT2D eigenvalue weighted by molar-refractivity contribution is -0.173. The minimum Gasteiger partial charge on any atom is -0.508 e. The third kappa shape index (κ3) is 16.0. The Kier molecular flexibility index (Phi) is 16.5. The van der Waals surface area contributed by atoms with Gasteiger partial charge in [0.2, 0.25) is 11.8 Å². The average Bonchev–Trinajstić information content (AvgIpc) is 3.09. The maximum Gasteiger partial charge on any atom is 0.471 e. The minimum atomic E-state index is -5.29. The number of benzene rings is 1. The number of nitrogens with one attached hydrogen (secondary N) is 7. The maximum atomic E-state index is 13.6. The molecule has 19 nitrogen and oxygen atoms in total. The molecule has 2 rings (SSSR count). The van der Waals surface area contributed by atoms with Gasteiger partial charge in [-0.3, -0.25) is 43.9 Å². The van der Waals surface area contributed by atoms with E-state index >= 15 is 0 Å². The number of aliphatic carboxylic acids is 1. The van der Waals surface area contributed by atoms with Gasteiger partial charge in [0.05, 0.1) is 12.6 Å². The van der Waals surface area contributed by atoms with Gasteiger partial charge in [0.25, 0.3) is 17.7 Å². The number of nitrogens with zero attached hydrogens (tertiary/aromatic N) is 1. The van der Waals surface area contributed by atoms with Crippen molar-refractivity contribution in [2.24, 2.45) is 10.7 Å². The highest BCUT2D eigenvalue weighted by Crippen LogP contribution is 2.15. The smallest absolute Gasteiger partial charge is 0.471 e. The Morgan fingerprint density at radius 3 is 2.05 bits per heavy atom. The Bertz CT molecular complexity index is 1820. The van der Waals surface area contributed by atoms with Crippen LogP contribution in [0.2, 0.25) is 0 Å². The summed E-state index contributed by atoms with van der Waals surface area (Å²) in [6.07, 6.45) is -9.62. The van der Waals surface area contributed by atoms with Crippen LogP contribution >= 0.6 is 0 Å². The van der Waals surface area contributed by atoms with Gasteiger partial charge in [-0.25, -0.2) is 4.79 Å². The van der Waals surface area contributed by atoms with Crippen LogP contribution in [-0.4, -0.2) is 102 Å². The van der Waals surface area contributed by atoms with Crippen molar-refractivity contribution in [1.29, 1.82) is 0 Å². The number of hydrogen-bond acceptors (Lipinski definition) is 10. The molecule has 25 heteroatoms. The van der Waals surface area contributed by atoms with E-state index in [2.05, 4.69) is 26.3 Å². The molecular weight excluding hydrogens is 772 g/mol. The maximum absolute atomic E-state index is 13.6. The third-order valence-corrected chi connectivity index (χ3v) is 6.72. The molecule has 1 aromatic carbocycles. The second kappa shape index (κ2) is 20.5. The standard InChI is InChI=1S/C31H33F6N9O10/c32-30(33,34)27(55)39-10-2-1-4-18-24(52)43-17(5-3-11-40-29(38)46-28(56)31(35,36)37)23(51)41-14-21(48)42-20(13-22(49)50)26(54)45-19(25(53)44-18)12-15-6-8-16(47)9-7-15/h4-9,13,19,47H,1-3,10-12,14H2,(H,39,55)(H,41,51)(H,42,48)(H,43,52)(H,44,53)(H,45,54)(H,49,50)(H3,38,40,46,56)/b17-5-,18-4-,20-13+/t19-/m1/s1. The molecule has 56 heavy (non-hydrogen) atoms. The van der Waals surface area contributed by atoms with Crippen LogP contribution in [0.15, 0.2) is 64.6 Å². The summed E-state index contributed by atoms with van der Waals surface area (Å²) in [5.41, 5.74) is 3.29. The fourth-order valence-corrected chi connectivity index (χ4v) is 4.13. The summed E-state index contributed by atoms with van der Waals surface area (Å²) in [4.78, 5) is 103. The topological polar surface area (TPSA) is 300 Å². The van der Waals surface area contributed by atoms with Gasteiger partial charge < -0.3 is 47.8 Å². The van der Waals surface area contributed by atoms with Crippen LogP contribution in [0.3, 0.4) is 0 Å². The highest BCUT2D eigenvalue weighted by molar-refractivity contribution is 6.07. The SMILES string of the molecule is NC(=NCC/C=C1\NC(=O)/C(=C/CCCNC(=O)C(F)(F)F)NC(=O)[C@@H](Cc2ccc(O)cc2)NC(=O)/C(=C\C(=O)O)NC(=O)CNC1=O)NC(=O)C(F)(F)F. The molecule has 11 N–H and O–H groups in total. The number of aromatic hydroxyl groups is 1. The lowest BCUT2D eigenvalue weighted by Crippen LogP contribution is -2.51. The monoisotopic (exact) mass is 805 g/mol. The van der Waals surface area contributed by atoms with E-state index in [1.165, 1.54) is 29.6 Å². The Balaban J connectivity index is 2.55. The summed E-state index contributed by atoms with van der Waals surface area (Å²) in [7, 11) is 0. The van der Waals surface area contributed by atoms with Gasteiger partial charge in [-0.1, -0.05) is 24.3 Å². The molecule has 0 aromatic heterocycles. The summed E-state index contributed by atoms with van der Waals surface area (Å²) in [6.45, 7) is -2.03. The van der Waals surface area contributed by atoms with Crippen molar-refractivity contribution in [1.82, 2.24) is 37.2 Å². The predicted molar refractivity (Wildman–Crippen MR) is 177 cm³/mol. The quantitative estimate of drug-likeness (QED) is 0.0426. The Morgan fingerprint density at radius 2 is 1.45 bits per heavy atom. The first kappa shape index (κ1) is 45.2. The second-order valence-electron chi connectivity index (χ2n) is 11.1. The van der Waals surface area contributed by atoms with Crippen LogP contribution in [0.1, 0.15) is 24.8 Å². The van der Waals surface area contributed by atoms with E-state index in [9.17, 15) is 74.9 Å². The van der Waals surface area contributed by atoms with E-state index in [-0.39, 0.29) is 37.5 Å². The van der Waals surface area contributed by atoms with Crippen molar-refractivity contribution in [2.45, 2.75) is 44.1 Å². The van der Waals surface area contributed by atoms with Crippen molar-refractivity contribution in [3.63, 3.8) is 0 Å². The lowest BCUT2D eigenvalue weighted by atomic mass is 10.0. The molecule has 1 aliphatic rings. The molecule has 1 aromatic rings. The molecule has 0 bridgehead atoms. The van der Waals surface area contributed by atoms with Crippen LogP contribution in [0.4, 0.5) is 26.3 Å². The number of phenols is 1. The molecular formula is C31H33F6N9O10.